The molecule has 0 saturated carbocycles. The van der Waals surface area contributed by atoms with Gasteiger partial charge in [-0.25, -0.2) is 9.59 Å². The SMILES string of the molecule is CNC(=O)CCNC(=O)N1CCc2sccc2C1C(=O)O. The van der Waals surface area contributed by atoms with Gasteiger partial charge < -0.3 is 20.6 Å². The number of carboxylic acid groups (broad SMARTS) is 1. The molecule has 0 fully saturated rings. The Kier molecular flexibility index (Phi) is 4.79. The van der Waals surface area contributed by atoms with Crippen molar-refractivity contribution >= 4 is 29.2 Å². The number of nitrogens with one attached hydrogen (secondary N) is 2. The molecule has 2 heterocycles. The Labute approximate surface area is 125 Å². The fraction of sp³-hybridized carbons (Fsp3) is 0.462. The quantitative estimate of drug-likeness (QED) is 0.757. The fourth-order valence-electron chi connectivity index (χ4n) is 2.31. The smallest absolute Gasteiger partial charge is 0.331 e. The van der Waals surface area contributed by atoms with E-state index in [4.69, 9.17) is 0 Å². The van der Waals surface area contributed by atoms with Crippen LogP contribution in [0, 0.1) is 0 Å². The lowest BCUT2D eigenvalue weighted by Crippen LogP contribution is -2.48. The molecule has 1 unspecified atom stereocenters. The Bertz CT molecular complexity index is 557. The van der Waals surface area contributed by atoms with E-state index < -0.39 is 18.0 Å². The molecule has 8 heteroatoms. The molecule has 0 bridgehead atoms. The van der Waals surface area contributed by atoms with Crippen molar-refractivity contribution in [1.82, 2.24) is 15.5 Å². The van der Waals surface area contributed by atoms with E-state index >= 15 is 0 Å². The summed E-state index contributed by atoms with van der Waals surface area (Å²) in [5.41, 5.74) is 0.681. The van der Waals surface area contributed by atoms with Gasteiger partial charge in [0.05, 0.1) is 0 Å². The van der Waals surface area contributed by atoms with Crippen molar-refractivity contribution in [1.29, 1.82) is 0 Å². The maximum absolute atomic E-state index is 12.1. The molecule has 1 aromatic rings. The van der Waals surface area contributed by atoms with Gasteiger partial charge in [-0.1, -0.05) is 0 Å². The Balaban J connectivity index is 2.03. The number of carbonyl (C=O) groups is 3. The highest BCUT2D eigenvalue weighted by Crippen LogP contribution is 2.33. The summed E-state index contributed by atoms with van der Waals surface area (Å²) in [6.45, 7) is 0.536. The largest absolute Gasteiger partial charge is 0.479 e. The van der Waals surface area contributed by atoms with Crippen molar-refractivity contribution in [3.8, 4) is 0 Å². The van der Waals surface area contributed by atoms with E-state index in [1.54, 1.807) is 6.07 Å². The Morgan fingerprint density at radius 2 is 2.24 bits per heavy atom. The molecule has 1 aromatic heterocycles. The minimum Gasteiger partial charge on any atom is -0.479 e. The number of carboxylic acids is 1. The highest BCUT2D eigenvalue weighted by Gasteiger charge is 2.36. The van der Waals surface area contributed by atoms with E-state index in [0.717, 1.165) is 4.88 Å². The first-order valence-electron chi connectivity index (χ1n) is 6.58. The van der Waals surface area contributed by atoms with Gasteiger partial charge in [-0.2, -0.15) is 0 Å². The van der Waals surface area contributed by atoms with Crippen molar-refractivity contribution in [2.24, 2.45) is 0 Å². The average Bonchev–Trinajstić information content (AvgIpc) is 2.93. The molecule has 0 radical (unpaired) electrons. The second-order valence-corrected chi connectivity index (χ2v) is 5.64. The fourth-order valence-corrected chi connectivity index (χ4v) is 3.21. The van der Waals surface area contributed by atoms with Crippen molar-refractivity contribution in [3.63, 3.8) is 0 Å². The minimum atomic E-state index is -1.05. The first-order chi connectivity index (χ1) is 10.0. The van der Waals surface area contributed by atoms with Gasteiger partial charge in [0.2, 0.25) is 5.91 Å². The molecule has 3 N–H and O–H groups in total. The van der Waals surface area contributed by atoms with Crippen LogP contribution in [0.3, 0.4) is 0 Å². The zero-order valence-electron chi connectivity index (χ0n) is 11.6. The second-order valence-electron chi connectivity index (χ2n) is 4.64. The van der Waals surface area contributed by atoms with E-state index in [0.29, 0.717) is 18.5 Å². The van der Waals surface area contributed by atoms with Gasteiger partial charge in [-0.15, -0.1) is 11.3 Å². The van der Waals surface area contributed by atoms with Crippen LogP contribution in [0.2, 0.25) is 0 Å². The number of rotatable bonds is 4. The number of thiophene rings is 1. The van der Waals surface area contributed by atoms with E-state index in [1.165, 1.54) is 23.3 Å². The molecule has 0 spiro atoms. The van der Waals surface area contributed by atoms with E-state index in [-0.39, 0.29) is 18.9 Å². The zero-order valence-corrected chi connectivity index (χ0v) is 12.4. The molecule has 7 nitrogen and oxygen atoms in total. The normalized spacial score (nSPS) is 17.0. The number of hydrogen-bond donors (Lipinski definition) is 3. The van der Waals surface area contributed by atoms with Crippen molar-refractivity contribution < 1.29 is 19.5 Å². The van der Waals surface area contributed by atoms with Gasteiger partial charge in [-0.3, -0.25) is 4.79 Å². The van der Waals surface area contributed by atoms with Crippen LogP contribution in [-0.4, -0.2) is 48.1 Å². The maximum atomic E-state index is 12.1. The summed E-state index contributed by atoms with van der Waals surface area (Å²) in [6, 6.07) is 0.339. The van der Waals surface area contributed by atoms with Gasteiger partial charge in [0, 0.05) is 31.4 Å². The van der Waals surface area contributed by atoms with Gasteiger partial charge >= 0.3 is 12.0 Å². The average molecular weight is 311 g/mol. The first kappa shape index (κ1) is 15.3. The van der Waals surface area contributed by atoms with Crippen LogP contribution in [0.1, 0.15) is 22.9 Å². The summed E-state index contributed by atoms with van der Waals surface area (Å²) >= 11 is 1.51. The van der Waals surface area contributed by atoms with Crippen LogP contribution in [0.15, 0.2) is 11.4 Å². The molecular formula is C13H17N3O4S. The number of nitrogens with zero attached hydrogens (tertiary/aromatic N) is 1. The molecule has 114 valence electrons. The molecule has 0 saturated heterocycles. The Hall–Kier alpha value is -2.09. The number of aliphatic carboxylic acids is 1. The maximum Gasteiger partial charge on any atom is 0.331 e. The summed E-state index contributed by atoms with van der Waals surface area (Å²) in [7, 11) is 1.52. The van der Waals surface area contributed by atoms with E-state index in [2.05, 4.69) is 10.6 Å². The molecular weight excluding hydrogens is 294 g/mol. The molecule has 1 aliphatic heterocycles. The van der Waals surface area contributed by atoms with E-state index in [9.17, 15) is 19.5 Å². The van der Waals surface area contributed by atoms with Crippen LogP contribution < -0.4 is 10.6 Å². The number of hydrogen-bond acceptors (Lipinski definition) is 4. The molecule has 0 aromatic carbocycles. The van der Waals surface area contributed by atoms with Gasteiger partial charge in [0.25, 0.3) is 0 Å². The highest BCUT2D eigenvalue weighted by molar-refractivity contribution is 7.10. The number of carbonyl (C=O) groups excluding carboxylic acids is 2. The summed E-state index contributed by atoms with van der Waals surface area (Å²) in [5.74, 6) is -1.22. The topological polar surface area (TPSA) is 98.7 Å². The molecule has 0 aliphatic carbocycles. The molecule has 3 amide bonds. The van der Waals surface area contributed by atoms with Crippen molar-refractivity contribution in [3.05, 3.63) is 21.9 Å². The van der Waals surface area contributed by atoms with Crippen LogP contribution in [0.4, 0.5) is 4.79 Å². The van der Waals surface area contributed by atoms with Gasteiger partial charge in [0.1, 0.15) is 0 Å². The second kappa shape index (κ2) is 6.57. The minimum absolute atomic E-state index is 0.164. The highest BCUT2D eigenvalue weighted by atomic mass is 32.1. The molecule has 1 atom stereocenters. The summed E-state index contributed by atoms with van der Waals surface area (Å²) in [4.78, 5) is 37.0. The summed E-state index contributed by atoms with van der Waals surface area (Å²) in [6.07, 6.45) is 0.817. The zero-order chi connectivity index (χ0) is 15.4. The van der Waals surface area contributed by atoms with Crippen LogP contribution in [-0.2, 0) is 16.0 Å². The standard InChI is InChI=1S/C13H17N3O4S/c1-14-10(17)2-5-15-13(20)16-6-3-9-8(4-7-21-9)11(16)12(18)19/h4,7,11H,2-3,5-6H2,1H3,(H,14,17)(H,15,20)(H,18,19). The lowest BCUT2D eigenvalue weighted by Gasteiger charge is -2.33. The third kappa shape index (κ3) is 3.33. The lowest BCUT2D eigenvalue weighted by molar-refractivity contribution is -0.142. The van der Waals surface area contributed by atoms with Crippen molar-refractivity contribution in [2.75, 3.05) is 20.1 Å². The van der Waals surface area contributed by atoms with Crippen LogP contribution >= 0.6 is 11.3 Å². The third-order valence-corrected chi connectivity index (χ3v) is 4.36. The molecule has 1 aliphatic rings. The van der Waals surface area contributed by atoms with Crippen molar-refractivity contribution in [2.45, 2.75) is 18.9 Å². The predicted molar refractivity (Wildman–Crippen MR) is 77.2 cm³/mol. The Morgan fingerprint density at radius 1 is 1.48 bits per heavy atom. The summed E-state index contributed by atoms with van der Waals surface area (Å²) in [5, 5.41) is 16.3. The number of fused-ring (bicyclic) bond motifs is 1. The summed E-state index contributed by atoms with van der Waals surface area (Å²) < 4.78 is 0. The first-order valence-corrected chi connectivity index (χ1v) is 7.46. The third-order valence-electron chi connectivity index (χ3n) is 3.37. The predicted octanol–water partition coefficient (Wildman–Crippen LogP) is 0.578. The van der Waals surface area contributed by atoms with Gasteiger partial charge in [0.15, 0.2) is 6.04 Å². The Morgan fingerprint density at radius 3 is 2.90 bits per heavy atom. The van der Waals surface area contributed by atoms with E-state index in [1.807, 2.05) is 5.38 Å². The number of urea groups is 1. The monoisotopic (exact) mass is 311 g/mol. The van der Waals surface area contributed by atoms with Crippen LogP contribution in [0.25, 0.3) is 0 Å². The molecule has 2 rings (SSSR count). The van der Waals surface area contributed by atoms with Gasteiger partial charge in [-0.05, 0) is 23.4 Å². The lowest BCUT2D eigenvalue weighted by atomic mass is 10.0. The number of amides is 3. The van der Waals surface area contributed by atoms with Crippen LogP contribution in [0.5, 0.6) is 0 Å². The molecule has 21 heavy (non-hydrogen) atoms.